The molecule has 0 atom stereocenters. The summed E-state index contributed by atoms with van der Waals surface area (Å²) < 4.78 is 5.95. The molecule has 4 rings (SSSR count). The van der Waals surface area contributed by atoms with E-state index >= 15 is 0 Å². The summed E-state index contributed by atoms with van der Waals surface area (Å²) in [7, 11) is 0. The van der Waals surface area contributed by atoms with Crippen LogP contribution in [-0.2, 0) is 0 Å². The van der Waals surface area contributed by atoms with E-state index in [2.05, 4.69) is 0 Å². The Hall–Kier alpha value is -2.88. The van der Waals surface area contributed by atoms with Crippen molar-refractivity contribution in [2.24, 2.45) is 0 Å². The summed E-state index contributed by atoms with van der Waals surface area (Å²) in [6, 6.07) is 16.4. The maximum atomic E-state index is 13.1. The molecule has 0 bridgehead atoms. The molecule has 0 saturated carbocycles. The Balaban J connectivity index is 1.95. The SMILES string of the molecule is O=C(c1oc2ccccc2c(=O)c1-c1ccccc1)N1CCCCC1. The first-order chi connectivity index (χ1) is 12.3. The first-order valence-corrected chi connectivity index (χ1v) is 8.66. The topological polar surface area (TPSA) is 50.5 Å². The van der Waals surface area contributed by atoms with Gasteiger partial charge in [-0.25, -0.2) is 0 Å². The van der Waals surface area contributed by atoms with Crippen LogP contribution < -0.4 is 5.43 Å². The fourth-order valence-electron chi connectivity index (χ4n) is 3.40. The Bertz CT molecular complexity index is 969. The second kappa shape index (κ2) is 6.55. The zero-order chi connectivity index (χ0) is 17.2. The molecule has 3 aromatic rings. The number of carbonyl (C=O) groups excluding carboxylic acids is 1. The van der Waals surface area contributed by atoms with Gasteiger partial charge in [-0.05, 0) is 37.0 Å². The Labute approximate surface area is 145 Å². The first-order valence-electron chi connectivity index (χ1n) is 8.66. The van der Waals surface area contributed by atoms with E-state index < -0.39 is 0 Å². The minimum Gasteiger partial charge on any atom is -0.450 e. The van der Waals surface area contributed by atoms with Gasteiger partial charge >= 0.3 is 0 Å². The average Bonchev–Trinajstić information content (AvgIpc) is 2.69. The van der Waals surface area contributed by atoms with Crippen LogP contribution in [0.2, 0.25) is 0 Å². The summed E-state index contributed by atoms with van der Waals surface area (Å²) in [5, 5.41) is 0.497. The number of likely N-dealkylation sites (tertiary alicyclic amines) is 1. The van der Waals surface area contributed by atoms with Crippen molar-refractivity contribution in [2.45, 2.75) is 19.3 Å². The van der Waals surface area contributed by atoms with Crippen molar-refractivity contribution in [1.29, 1.82) is 0 Å². The molecule has 2 heterocycles. The number of para-hydroxylation sites is 1. The van der Waals surface area contributed by atoms with E-state index in [4.69, 9.17) is 4.42 Å². The molecule has 0 unspecified atom stereocenters. The normalized spacial score (nSPS) is 14.6. The smallest absolute Gasteiger partial charge is 0.290 e. The van der Waals surface area contributed by atoms with E-state index in [1.165, 1.54) is 0 Å². The van der Waals surface area contributed by atoms with E-state index in [0.29, 0.717) is 35.2 Å². The number of hydrogen-bond donors (Lipinski definition) is 0. The van der Waals surface area contributed by atoms with Gasteiger partial charge in [-0.2, -0.15) is 0 Å². The van der Waals surface area contributed by atoms with E-state index in [0.717, 1.165) is 19.3 Å². The van der Waals surface area contributed by atoms with Crippen LogP contribution in [0.25, 0.3) is 22.1 Å². The number of piperidine rings is 1. The Morgan fingerprint density at radius 2 is 1.56 bits per heavy atom. The minimum absolute atomic E-state index is 0.150. The highest BCUT2D eigenvalue weighted by molar-refractivity contribution is 6.00. The van der Waals surface area contributed by atoms with E-state index in [1.54, 1.807) is 23.1 Å². The minimum atomic E-state index is -0.193. The lowest BCUT2D eigenvalue weighted by molar-refractivity contribution is 0.0694. The van der Waals surface area contributed by atoms with Gasteiger partial charge in [0.25, 0.3) is 5.91 Å². The lowest BCUT2D eigenvalue weighted by atomic mass is 10.0. The van der Waals surface area contributed by atoms with Gasteiger partial charge in [-0.1, -0.05) is 42.5 Å². The molecule has 1 amide bonds. The lowest BCUT2D eigenvalue weighted by Crippen LogP contribution is -2.36. The third kappa shape index (κ3) is 2.84. The van der Waals surface area contributed by atoms with Crippen molar-refractivity contribution in [1.82, 2.24) is 4.90 Å². The zero-order valence-electron chi connectivity index (χ0n) is 13.9. The molecular formula is C21H19NO3. The fraction of sp³-hybridized carbons (Fsp3) is 0.238. The van der Waals surface area contributed by atoms with Crippen molar-refractivity contribution < 1.29 is 9.21 Å². The molecule has 25 heavy (non-hydrogen) atoms. The Morgan fingerprint density at radius 1 is 0.880 bits per heavy atom. The van der Waals surface area contributed by atoms with Crippen LogP contribution in [-0.4, -0.2) is 23.9 Å². The summed E-state index contributed by atoms with van der Waals surface area (Å²) in [4.78, 5) is 28.0. The predicted molar refractivity (Wildman–Crippen MR) is 97.7 cm³/mol. The molecule has 0 aliphatic carbocycles. The molecular weight excluding hydrogens is 314 g/mol. The van der Waals surface area contributed by atoms with Crippen molar-refractivity contribution in [2.75, 3.05) is 13.1 Å². The van der Waals surface area contributed by atoms with Gasteiger partial charge in [-0.15, -0.1) is 0 Å². The Kier molecular flexibility index (Phi) is 4.10. The summed E-state index contributed by atoms with van der Waals surface area (Å²) in [6.45, 7) is 1.42. The molecule has 1 aliphatic rings. The number of amides is 1. The molecule has 0 N–H and O–H groups in total. The quantitative estimate of drug-likeness (QED) is 0.710. The van der Waals surface area contributed by atoms with Crippen molar-refractivity contribution in [3.8, 4) is 11.1 Å². The van der Waals surface area contributed by atoms with Crippen LogP contribution in [0.4, 0.5) is 0 Å². The standard InChI is InChI=1S/C21H19NO3/c23-19-16-11-5-6-12-17(16)25-20(18(19)15-9-3-1-4-10-15)21(24)22-13-7-2-8-14-22/h1,3-6,9-12H,2,7-8,13-14H2. The van der Waals surface area contributed by atoms with Crippen molar-refractivity contribution in [3.63, 3.8) is 0 Å². The van der Waals surface area contributed by atoms with Gasteiger partial charge in [0.1, 0.15) is 5.58 Å². The van der Waals surface area contributed by atoms with Crippen molar-refractivity contribution in [3.05, 3.63) is 70.6 Å². The van der Waals surface area contributed by atoms with Gasteiger partial charge in [0.2, 0.25) is 11.2 Å². The number of fused-ring (bicyclic) bond motifs is 1. The first kappa shape index (κ1) is 15.6. The number of hydrogen-bond acceptors (Lipinski definition) is 3. The summed E-state index contributed by atoms with van der Waals surface area (Å²) >= 11 is 0. The van der Waals surface area contributed by atoms with E-state index in [-0.39, 0.29) is 17.1 Å². The molecule has 0 radical (unpaired) electrons. The summed E-state index contributed by atoms with van der Waals surface area (Å²) in [6.07, 6.45) is 3.12. The van der Waals surface area contributed by atoms with E-state index in [1.807, 2.05) is 36.4 Å². The van der Waals surface area contributed by atoms with Crippen LogP contribution in [0.1, 0.15) is 29.8 Å². The van der Waals surface area contributed by atoms with Crippen LogP contribution in [0, 0.1) is 0 Å². The maximum absolute atomic E-state index is 13.1. The highest BCUT2D eigenvalue weighted by Crippen LogP contribution is 2.26. The van der Waals surface area contributed by atoms with Crippen LogP contribution in [0.3, 0.4) is 0 Å². The summed E-state index contributed by atoms with van der Waals surface area (Å²) in [5.74, 6) is -0.0433. The van der Waals surface area contributed by atoms with Gasteiger partial charge in [-0.3, -0.25) is 9.59 Å². The molecule has 1 aromatic heterocycles. The third-order valence-corrected chi connectivity index (χ3v) is 4.70. The molecule has 126 valence electrons. The second-order valence-electron chi connectivity index (χ2n) is 6.35. The van der Waals surface area contributed by atoms with Gasteiger partial charge in [0.05, 0.1) is 10.9 Å². The third-order valence-electron chi connectivity index (χ3n) is 4.70. The van der Waals surface area contributed by atoms with E-state index in [9.17, 15) is 9.59 Å². The van der Waals surface area contributed by atoms with Crippen molar-refractivity contribution >= 4 is 16.9 Å². The molecule has 1 fully saturated rings. The maximum Gasteiger partial charge on any atom is 0.290 e. The zero-order valence-corrected chi connectivity index (χ0v) is 13.9. The fourth-order valence-corrected chi connectivity index (χ4v) is 3.40. The predicted octanol–water partition coefficient (Wildman–Crippen LogP) is 4.09. The molecule has 2 aromatic carbocycles. The number of carbonyl (C=O) groups is 1. The van der Waals surface area contributed by atoms with Crippen LogP contribution >= 0.6 is 0 Å². The summed E-state index contributed by atoms with van der Waals surface area (Å²) in [5.41, 5.74) is 1.36. The monoisotopic (exact) mass is 333 g/mol. The second-order valence-corrected chi connectivity index (χ2v) is 6.35. The molecule has 1 saturated heterocycles. The largest absolute Gasteiger partial charge is 0.450 e. The number of nitrogens with zero attached hydrogens (tertiary/aromatic N) is 1. The molecule has 0 spiro atoms. The Morgan fingerprint density at radius 3 is 2.32 bits per heavy atom. The molecule has 1 aliphatic heterocycles. The molecule has 4 heteroatoms. The highest BCUT2D eigenvalue weighted by Gasteiger charge is 2.26. The van der Waals surface area contributed by atoms with Crippen LogP contribution in [0.5, 0.6) is 0 Å². The number of benzene rings is 2. The van der Waals surface area contributed by atoms with Gasteiger partial charge < -0.3 is 9.32 Å². The van der Waals surface area contributed by atoms with Gasteiger partial charge in [0.15, 0.2) is 0 Å². The average molecular weight is 333 g/mol. The van der Waals surface area contributed by atoms with Gasteiger partial charge in [0, 0.05) is 13.1 Å². The van der Waals surface area contributed by atoms with Crippen LogP contribution in [0.15, 0.2) is 63.8 Å². The lowest BCUT2D eigenvalue weighted by Gasteiger charge is -2.26. The number of rotatable bonds is 2. The molecule has 4 nitrogen and oxygen atoms in total. The highest BCUT2D eigenvalue weighted by atomic mass is 16.3.